The number of carbonyl (C=O) groups excluding carboxylic acids is 1. The largest absolute Gasteiger partial charge is 0.481 e. The van der Waals surface area contributed by atoms with Crippen LogP contribution in [-0.2, 0) is 4.79 Å². The number of benzene rings is 1. The number of para-hydroxylation sites is 1. The van der Waals surface area contributed by atoms with E-state index in [9.17, 15) is 9.59 Å². The van der Waals surface area contributed by atoms with E-state index in [0.29, 0.717) is 6.54 Å². The van der Waals surface area contributed by atoms with Gasteiger partial charge in [0.15, 0.2) is 0 Å². The number of nitrogens with zero attached hydrogens (tertiary/aromatic N) is 2. The Morgan fingerprint density at radius 2 is 2.11 bits per heavy atom. The molecule has 2 rings (SSSR count). The van der Waals surface area contributed by atoms with Crippen LogP contribution < -0.4 is 4.90 Å². The number of carbonyl (C=O) groups is 2. The first-order valence-corrected chi connectivity index (χ1v) is 5.82. The van der Waals surface area contributed by atoms with Gasteiger partial charge in [0.2, 0.25) is 0 Å². The summed E-state index contributed by atoms with van der Waals surface area (Å²) in [5.74, 6) is -0.883. The lowest BCUT2D eigenvalue weighted by atomic mass is 10.1. The number of aryl methyl sites for hydroxylation is 1. The first-order valence-electron chi connectivity index (χ1n) is 5.82. The summed E-state index contributed by atoms with van der Waals surface area (Å²) in [6.45, 7) is 2.36. The Morgan fingerprint density at radius 1 is 1.44 bits per heavy atom. The zero-order valence-electron chi connectivity index (χ0n) is 10.5. The molecule has 18 heavy (non-hydrogen) atoms. The maximum absolute atomic E-state index is 12.1. The molecular weight excluding hydrogens is 232 g/mol. The monoisotopic (exact) mass is 248 g/mol. The van der Waals surface area contributed by atoms with E-state index in [4.69, 9.17) is 5.11 Å². The summed E-state index contributed by atoms with van der Waals surface area (Å²) in [6, 6.07) is 7.19. The number of likely N-dealkylation sites (N-methyl/N-ethyl adjacent to an activating group) is 1. The number of carboxylic acids is 1. The molecule has 1 heterocycles. The summed E-state index contributed by atoms with van der Waals surface area (Å²) in [6.07, 6.45) is -0.0232. The highest BCUT2D eigenvalue weighted by molar-refractivity contribution is 5.95. The van der Waals surface area contributed by atoms with Gasteiger partial charge in [0, 0.05) is 19.3 Å². The minimum Gasteiger partial charge on any atom is -0.481 e. The van der Waals surface area contributed by atoms with E-state index < -0.39 is 5.97 Å². The van der Waals surface area contributed by atoms with Gasteiger partial charge in [0.05, 0.1) is 12.5 Å². The van der Waals surface area contributed by atoms with E-state index in [1.54, 1.807) is 11.9 Å². The van der Waals surface area contributed by atoms with Crippen molar-refractivity contribution in [3.05, 3.63) is 29.8 Å². The Balaban J connectivity index is 2.24. The van der Waals surface area contributed by atoms with Crippen molar-refractivity contribution >= 4 is 17.7 Å². The minimum atomic E-state index is -0.883. The molecule has 1 aliphatic heterocycles. The lowest BCUT2D eigenvalue weighted by Gasteiger charge is -2.17. The van der Waals surface area contributed by atoms with E-state index in [1.807, 2.05) is 31.2 Å². The van der Waals surface area contributed by atoms with Gasteiger partial charge in [-0.2, -0.15) is 0 Å². The summed E-state index contributed by atoms with van der Waals surface area (Å²) in [7, 11) is 1.65. The average molecular weight is 248 g/mol. The number of amides is 2. The summed E-state index contributed by atoms with van der Waals surface area (Å²) in [4.78, 5) is 26.0. The van der Waals surface area contributed by atoms with Gasteiger partial charge in [0.25, 0.3) is 0 Å². The molecule has 1 atom stereocenters. The lowest BCUT2D eigenvalue weighted by Crippen LogP contribution is -2.32. The number of aliphatic carboxylic acids is 1. The summed E-state index contributed by atoms with van der Waals surface area (Å²) >= 11 is 0. The number of hydrogen-bond acceptors (Lipinski definition) is 2. The van der Waals surface area contributed by atoms with Crippen LogP contribution >= 0.6 is 0 Å². The fraction of sp³-hybridized carbons (Fsp3) is 0.385. The highest BCUT2D eigenvalue weighted by Gasteiger charge is 2.36. The number of carboxylic acid groups (broad SMARTS) is 1. The van der Waals surface area contributed by atoms with Crippen molar-refractivity contribution in [2.45, 2.75) is 19.4 Å². The molecule has 1 unspecified atom stereocenters. The fourth-order valence-corrected chi connectivity index (χ4v) is 2.23. The van der Waals surface area contributed by atoms with Crippen molar-refractivity contribution in [3.63, 3.8) is 0 Å². The molecule has 1 aliphatic rings. The van der Waals surface area contributed by atoms with Crippen molar-refractivity contribution < 1.29 is 14.7 Å². The van der Waals surface area contributed by atoms with Crippen LogP contribution in [0.2, 0.25) is 0 Å². The fourth-order valence-electron chi connectivity index (χ4n) is 2.23. The van der Waals surface area contributed by atoms with E-state index in [2.05, 4.69) is 0 Å². The molecule has 0 saturated carbocycles. The zero-order chi connectivity index (χ0) is 13.3. The van der Waals surface area contributed by atoms with Crippen molar-refractivity contribution in [3.8, 4) is 0 Å². The van der Waals surface area contributed by atoms with Gasteiger partial charge < -0.3 is 10.0 Å². The number of hydrogen-bond donors (Lipinski definition) is 1. The second kappa shape index (κ2) is 4.68. The van der Waals surface area contributed by atoms with Gasteiger partial charge in [-0.15, -0.1) is 0 Å². The molecule has 1 aromatic rings. The first kappa shape index (κ1) is 12.4. The molecule has 1 aromatic carbocycles. The van der Waals surface area contributed by atoms with Gasteiger partial charge in [0.1, 0.15) is 0 Å². The number of rotatable bonds is 3. The quantitative estimate of drug-likeness (QED) is 0.885. The van der Waals surface area contributed by atoms with Crippen LogP contribution in [0.25, 0.3) is 0 Å². The van der Waals surface area contributed by atoms with E-state index in [-0.39, 0.29) is 18.5 Å². The Morgan fingerprint density at radius 3 is 2.72 bits per heavy atom. The standard InChI is InChI=1S/C13H16N2O3/c1-9-5-3-4-6-11(9)15-8-10(7-12(16)17)14(2)13(15)18/h3-6,10H,7-8H2,1-2H3,(H,16,17). The third kappa shape index (κ3) is 2.16. The summed E-state index contributed by atoms with van der Waals surface area (Å²) in [5, 5.41) is 8.83. The van der Waals surface area contributed by atoms with Crippen molar-refractivity contribution in [2.75, 3.05) is 18.5 Å². The zero-order valence-corrected chi connectivity index (χ0v) is 10.5. The van der Waals surface area contributed by atoms with Gasteiger partial charge in [-0.1, -0.05) is 18.2 Å². The van der Waals surface area contributed by atoms with Crippen LogP contribution in [0.4, 0.5) is 10.5 Å². The van der Waals surface area contributed by atoms with E-state index >= 15 is 0 Å². The molecule has 0 aromatic heterocycles. The predicted octanol–water partition coefficient (Wildman–Crippen LogP) is 1.71. The molecule has 5 heteroatoms. The molecule has 0 bridgehead atoms. The molecule has 0 aliphatic carbocycles. The SMILES string of the molecule is Cc1ccccc1N1CC(CC(=O)O)N(C)C1=O. The van der Waals surface area contributed by atoms with Gasteiger partial charge in [-0.3, -0.25) is 9.69 Å². The van der Waals surface area contributed by atoms with E-state index in [0.717, 1.165) is 11.3 Å². The lowest BCUT2D eigenvalue weighted by molar-refractivity contribution is -0.137. The topological polar surface area (TPSA) is 60.9 Å². The third-order valence-corrected chi connectivity index (χ3v) is 3.29. The van der Waals surface area contributed by atoms with Crippen molar-refractivity contribution in [2.24, 2.45) is 0 Å². The molecule has 1 fully saturated rings. The first-order chi connectivity index (χ1) is 8.50. The van der Waals surface area contributed by atoms with Crippen molar-refractivity contribution in [1.29, 1.82) is 0 Å². The smallest absolute Gasteiger partial charge is 0.324 e. The molecule has 1 N–H and O–H groups in total. The number of urea groups is 1. The van der Waals surface area contributed by atoms with Crippen LogP contribution in [-0.4, -0.2) is 41.6 Å². The predicted molar refractivity (Wildman–Crippen MR) is 67.7 cm³/mol. The molecule has 5 nitrogen and oxygen atoms in total. The highest BCUT2D eigenvalue weighted by Crippen LogP contribution is 2.26. The van der Waals surface area contributed by atoms with Crippen LogP contribution in [0.3, 0.4) is 0 Å². The van der Waals surface area contributed by atoms with Crippen LogP contribution in [0.1, 0.15) is 12.0 Å². The second-order valence-electron chi connectivity index (χ2n) is 4.54. The van der Waals surface area contributed by atoms with Gasteiger partial charge in [-0.05, 0) is 18.6 Å². The van der Waals surface area contributed by atoms with Crippen LogP contribution in [0.15, 0.2) is 24.3 Å². The maximum Gasteiger partial charge on any atom is 0.324 e. The van der Waals surface area contributed by atoms with E-state index in [1.165, 1.54) is 4.90 Å². The van der Waals surface area contributed by atoms with Crippen LogP contribution in [0.5, 0.6) is 0 Å². The molecular formula is C13H16N2O3. The maximum atomic E-state index is 12.1. The Bertz CT molecular complexity index is 487. The highest BCUT2D eigenvalue weighted by atomic mass is 16.4. The minimum absolute atomic E-state index is 0.0232. The Labute approximate surface area is 106 Å². The normalized spacial score (nSPS) is 19.4. The molecule has 0 spiro atoms. The molecule has 0 radical (unpaired) electrons. The molecule has 2 amide bonds. The Hall–Kier alpha value is -2.04. The summed E-state index contributed by atoms with van der Waals surface area (Å²) in [5.41, 5.74) is 1.86. The van der Waals surface area contributed by atoms with Crippen molar-refractivity contribution in [1.82, 2.24) is 4.90 Å². The average Bonchev–Trinajstić information content (AvgIpc) is 2.58. The van der Waals surface area contributed by atoms with Gasteiger partial charge >= 0.3 is 12.0 Å². The van der Waals surface area contributed by atoms with Gasteiger partial charge in [-0.25, -0.2) is 4.79 Å². The molecule has 96 valence electrons. The third-order valence-electron chi connectivity index (χ3n) is 3.29. The number of anilines is 1. The second-order valence-corrected chi connectivity index (χ2v) is 4.54. The Kier molecular flexibility index (Phi) is 3.23. The summed E-state index contributed by atoms with van der Waals surface area (Å²) < 4.78 is 0. The van der Waals surface area contributed by atoms with Crippen LogP contribution in [0, 0.1) is 6.92 Å². The molecule has 1 saturated heterocycles.